The minimum Gasteiger partial charge on any atom is -0.0931 e. The summed E-state index contributed by atoms with van der Waals surface area (Å²) in [6, 6.07) is 77.0. The first-order valence-corrected chi connectivity index (χ1v) is 24.3. The first kappa shape index (κ1) is 46.1. The number of rotatable bonds is 4. The Morgan fingerprint density at radius 2 is 0.406 bits per heavy atom. The topological polar surface area (TPSA) is 0 Å². The smallest absolute Gasteiger partial charge is 0.0368 e. The van der Waals surface area contributed by atoms with Crippen molar-refractivity contribution in [3.8, 4) is 47.4 Å². The molecule has 0 bridgehead atoms. The predicted octanol–water partition coefficient (Wildman–Crippen LogP) is 15.3. The van der Waals surface area contributed by atoms with Crippen LogP contribution in [0.3, 0.4) is 0 Å². The largest absolute Gasteiger partial charge is 0.0931 e. The van der Waals surface area contributed by atoms with Crippen molar-refractivity contribution in [3.63, 3.8) is 0 Å². The maximum atomic E-state index is 4.11. The zero-order valence-electron chi connectivity index (χ0n) is 40.3. The molecule has 8 aromatic carbocycles. The molecule has 0 spiro atoms. The summed E-state index contributed by atoms with van der Waals surface area (Å²) in [4.78, 5) is 0. The summed E-state index contributed by atoms with van der Waals surface area (Å²) in [6.07, 6.45) is 0. The van der Waals surface area contributed by atoms with Gasteiger partial charge in [0.15, 0.2) is 0 Å². The molecule has 334 valence electrons. The average molecular weight is 887 g/mol. The Hall–Kier alpha value is -8.00. The zero-order chi connectivity index (χ0) is 47.5. The first-order chi connectivity index (χ1) is 33.8. The van der Waals surface area contributed by atoms with Crippen LogP contribution in [0.1, 0.15) is 96.0 Å². The van der Waals surface area contributed by atoms with E-state index in [0.29, 0.717) is 0 Å². The van der Waals surface area contributed by atoms with E-state index in [2.05, 4.69) is 294 Å². The lowest BCUT2D eigenvalue weighted by molar-refractivity contribution is 0.195. The molecule has 0 aromatic heterocycles. The Morgan fingerprint density at radius 3 is 0.623 bits per heavy atom. The van der Waals surface area contributed by atoms with Gasteiger partial charge in [0.25, 0.3) is 0 Å². The lowest BCUT2D eigenvalue weighted by Crippen LogP contribution is -2.42. The van der Waals surface area contributed by atoms with Crippen LogP contribution in [-0.4, -0.2) is 0 Å². The lowest BCUT2D eigenvalue weighted by Gasteiger charge is -2.48. The summed E-state index contributed by atoms with van der Waals surface area (Å²) in [5.41, 5.74) is 14.8. The van der Waals surface area contributed by atoms with E-state index in [0.717, 1.165) is 22.3 Å². The van der Waals surface area contributed by atoms with Crippen LogP contribution in [0.5, 0.6) is 0 Å². The van der Waals surface area contributed by atoms with Gasteiger partial charge in [0.1, 0.15) is 0 Å². The highest BCUT2D eigenvalue weighted by molar-refractivity contribution is 5.49. The quantitative estimate of drug-likeness (QED) is 0.155. The van der Waals surface area contributed by atoms with Crippen LogP contribution >= 0.6 is 0 Å². The van der Waals surface area contributed by atoms with E-state index >= 15 is 0 Å². The van der Waals surface area contributed by atoms with E-state index in [9.17, 15) is 0 Å². The van der Waals surface area contributed by atoms with Crippen molar-refractivity contribution in [2.75, 3.05) is 0 Å². The van der Waals surface area contributed by atoms with Gasteiger partial charge in [0.2, 0.25) is 0 Å². The number of aryl methyl sites for hydroxylation is 5. The third-order valence-electron chi connectivity index (χ3n) is 13.8. The molecule has 1 aliphatic carbocycles. The van der Waals surface area contributed by atoms with Gasteiger partial charge < -0.3 is 0 Å². The van der Waals surface area contributed by atoms with Gasteiger partial charge >= 0.3 is 0 Å². The van der Waals surface area contributed by atoms with Crippen molar-refractivity contribution in [3.05, 3.63) is 285 Å². The second kappa shape index (κ2) is 21.7. The highest BCUT2D eigenvalue weighted by Gasteiger charge is 2.51. The third kappa shape index (κ3) is 11.2. The Labute approximate surface area is 411 Å². The van der Waals surface area contributed by atoms with Gasteiger partial charge in [-0.3, -0.25) is 0 Å². The standard InChI is InChI=1S/C69H58/c1-49-21-31-54(32-22-49)39-45-62-66(58-15-9-6-10-16-58)63(46-40-55-33-23-50(2)24-34-55)68(60-19-13-8-14-20-60)65(48-42-57-37-27-52(4)28-38-57)69(61-43-29-53(5)30-44-61)64(67(62)59-17-11-7-12-18-59)47-41-56-35-25-51(3)26-36-56/h6-38,43-44,62-69H,1-5H3. The molecule has 1 saturated carbocycles. The summed E-state index contributed by atoms with van der Waals surface area (Å²) in [7, 11) is 0. The van der Waals surface area contributed by atoms with Crippen molar-refractivity contribution in [1.29, 1.82) is 0 Å². The van der Waals surface area contributed by atoms with Crippen LogP contribution in [0, 0.1) is 106 Å². The summed E-state index contributed by atoms with van der Waals surface area (Å²) in [5.74, 6) is 29.9. The van der Waals surface area contributed by atoms with Gasteiger partial charge in [-0.05, 0) is 105 Å². The zero-order valence-corrected chi connectivity index (χ0v) is 40.3. The minimum absolute atomic E-state index is 0.177. The van der Waals surface area contributed by atoms with E-state index in [4.69, 9.17) is 0 Å². The van der Waals surface area contributed by atoms with Crippen LogP contribution in [-0.2, 0) is 0 Å². The SMILES string of the molecule is Cc1ccc(C#CC2C(c3ccccc3)C(C#Cc3ccc(C)cc3)C(c3ccccc3)C(C#Cc3ccc(C)cc3)C(c3ccc(C)cc3)C(C#Cc3ccc(C)cc3)C2c2ccccc2)cc1. The maximum absolute atomic E-state index is 4.11. The Bertz CT molecular complexity index is 3020. The van der Waals surface area contributed by atoms with Crippen LogP contribution in [0.15, 0.2) is 212 Å². The second-order valence-electron chi connectivity index (χ2n) is 18.9. The fraction of sp³-hybridized carbons (Fsp3) is 0.188. The van der Waals surface area contributed by atoms with Crippen LogP contribution in [0.4, 0.5) is 0 Å². The summed E-state index contributed by atoms with van der Waals surface area (Å²) in [6.45, 7) is 10.7. The second-order valence-corrected chi connectivity index (χ2v) is 18.9. The fourth-order valence-electron chi connectivity index (χ4n) is 10.2. The Morgan fingerprint density at radius 1 is 0.217 bits per heavy atom. The molecule has 0 nitrogen and oxygen atoms in total. The molecule has 0 heteroatoms. The van der Waals surface area contributed by atoms with Crippen LogP contribution in [0.25, 0.3) is 0 Å². The summed E-state index contributed by atoms with van der Waals surface area (Å²) >= 11 is 0. The molecule has 0 radical (unpaired) electrons. The predicted molar refractivity (Wildman–Crippen MR) is 288 cm³/mol. The molecule has 0 N–H and O–H groups in total. The Kier molecular flexibility index (Phi) is 14.5. The van der Waals surface area contributed by atoms with Gasteiger partial charge in [0, 0.05) is 69.6 Å². The fourth-order valence-corrected chi connectivity index (χ4v) is 10.2. The molecule has 69 heavy (non-hydrogen) atoms. The normalized spacial score (nSPS) is 20.7. The van der Waals surface area contributed by atoms with Crippen molar-refractivity contribution in [2.45, 2.75) is 58.3 Å². The molecule has 0 heterocycles. The molecule has 9 rings (SSSR count). The first-order valence-electron chi connectivity index (χ1n) is 24.3. The van der Waals surface area contributed by atoms with E-state index in [1.54, 1.807) is 0 Å². The summed E-state index contributed by atoms with van der Waals surface area (Å²) < 4.78 is 0. The minimum atomic E-state index is -0.255. The molecule has 0 amide bonds. The van der Waals surface area contributed by atoms with Gasteiger partial charge in [-0.15, -0.1) is 0 Å². The molecular formula is C69H58. The Balaban J connectivity index is 1.45. The van der Waals surface area contributed by atoms with E-state index < -0.39 is 0 Å². The van der Waals surface area contributed by atoms with Gasteiger partial charge in [-0.25, -0.2) is 0 Å². The highest BCUT2D eigenvalue weighted by Crippen LogP contribution is 2.58. The van der Waals surface area contributed by atoms with Gasteiger partial charge in [-0.1, -0.05) is 239 Å². The molecule has 1 aliphatic rings. The van der Waals surface area contributed by atoms with Crippen molar-refractivity contribution in [1.82, 2.24) is 0 Å². The molecular weight excluding hydrogens is 829 g/mol. The van der Waals surface area contributed by atoms with E-state index in [1.165, 1.54) is 50.1 Å². The molecule has 6 atom stereocenters. The number of benzene rings is 8. The van der Waals surface area contributed by atoms with Crippen molar-refractivity contribution < 1.29 is 0 Å². The van der Waals surface area contributed by atoms with Gasteiger partial charge in [-0.2, -0.15) is 0 Å². The number of hydrogen-bond acceptors (Lipinski definition) is 0. The van der Waals surface area contributed by atoms with Crippen molar-refractivity contribution >= 4 is 0 Å². The van der Waals surface area contributed by atoms with E-state index in [1.807, 2.05) is 0 Å². The highest BCUT2D eigenvalue weighted by atomic mass is 14.5. The lowest BCUT2D eigenvalue weighted by atomic mass is 9.53. The molecule has 0 aliphatic heterocycles. The van der Waals surface area contributed by atoms with Gasteiger partial charge in [0.05, 0.1) is 0 Å². The van der Waals surface area contributed by atoms with Crippen LogP contribution in [0.2, 0.25) is 0 Å². The number of hydrogen-bond donors (Lipinski definition) is 0. The summed E-state index contributed by atoms with van der Waals surface area (Å²) in [5, 5.41) is 0. The average Bonchev–Trinajstić information content (AvgIpc) is 3.38. The molecule has 1 fully saturated rings. The molecule has 8 aromatic rings. The molecule has 0 saturated heterocycles. The monoisotopic (exact) mass is 886 g/mol. The van der Waals surface area contributed by atoms with Crippen molar-refractivity contribution in [2.24, 2.45) is 23.7 Å². The third-order valence-corrected chi connectivity index (χ3v) is 13.8. The van der Waals surface area contributed by atoms with Crippen LogP contribution < -0.4 is 0 Å². The molecule has 6 unspecified atom stereocenters. The van der Waals surface area contributed by atoms with E-state index in [-0.39, 0.29) is 47.3 Å². The maximum Gasteiger partial charge on any atom is 0.0368 e.